The largest absolute Gasteiger partial charge is 0.478 e. The fourth-order valence-corrected chi connectivity index (χ4v) is 7.18. The Bertz CT molecular complexity index is 3270. The number of carboxylic acids is 2. The SMILES string of the molecule is CCOC(=O)CC(=O)c1cccnc1.N#CCC(N)=S.N#Cc1c(-c2cccnc2)cc(=O)[nH]c1S.N#Cc1c(-c2cccnc2)cc(=O)[nH]c1SCc1cccc(C(=O)O)c1.O=C(O)c1cccc(CCl)c1. The number of H-pyrrole nitrogens is 2. The van der Waals surface area contributed by atoms with E-state index in [0.717, 1.165) is 16.7 Å². The predicted molar refractivity (Wildman–Crippen MR) is 280 cm³/mol. The third-order valence-electron chi connectivity index (χ3n) is 8.93. The van der Waals surface area contributed by atoms with Gasteiger partial charge in [0.15, 0.2) is 5.78 Å². The van der Waals surface area contributed by atoms with E-state index in [9.17, 15) is 34.0 Å². The molecule has 0 spiro atoms. The van der Waals surface area contributed by atoms with E-state index < -0.39 is 17.9 Å². The number of nitrogens with one attached hydrogen (secondary N) is 2. The van der Waals surface area contributed by atoms with Crippen molar-refractivity contribution in [2.75, 3.05) is 6.61 Å². The van der Waals surface area contributed by atoms with Gasteiger partial charge in [0.05, 0.1) is 56.4 Å². The highest BCUT2D eigenvalue weighted by molar-refractivity contribution is 7.98. The van der Waals surface area contributed by atoms with Gasteiger partial charge in [-0.1, -0.05) is 48.6 Å². The number of halogens is 1. The first-order valence-electron chi connectivity index (χ1n) is 21.0. The number of carbonyl (C=O) groups excluding carboxylic acids is 2. The molecule has 0 aliphatic heterocycles. The van der Waals surface area contributed by atoms with Crippen LogP contribution in [0.15, 0.2) is 154 Å². The predicted octanol–water partition coefficient (Wildman–Crippen LogP) is 8.42. The van der Waals surface area contributed by atoms with Gasteiger partial charge in [-0.25, -0.2) is 9.59 Å². The molecule has 0 aliphatic carbocycles. The minimum atomic E-state index is -0.999. The lowest BCUT2D eigenvalue weighted by molar-refractivity contribution is -0.141. The number of nitrogens with two attached hydrogens (primary N) is 1. The molecule has 0 amide bonds. The van der Waals surface area contributed by atoms with E-state index in [1.54, 1.807) is 123 Å². The summed E-state index contributed by atoms with van der Waals surface area (Å²) in [5, 5.41) is 44.8. The third kappa shape index (κ3) is 20.2. The molecule has 5 aromatic heterocycles. The van der Waals surface area contributed by atoms with Crippen LogP contribution in [0.2, 0.25) is 0 Å². The van der Waals surface area contributed by atoms with Crippen molar-refractivity contribution in [3.8, 4) is 40.5 Å². The van der Waals surface area contributed by atoms with Crippen molar-refractivity contribution >= 4 is 76.9 Å². The van der Waals surface area contributed by atoms with E-state index in [1.807, 2.05) is 6.07 Å². The second-order valence-electron chi connectivity index (χ2n) is 14.1. The molecule has 0 bridgehead atoms. The Morgan fingerprint density at radius 3 is 1.70 bits per heavy atom. The van der Waals surface area contributed by atoms with Crippen molar-refractivity contribution in [2.45, 2.75) is 41.5 Å². The number of nitriles is 3. The number of carboxylic acid groups (broad SMARTS) is 2. The van der Waals surface area contributed by atoms with Crippen LogP contribution in [0, 0.1) is 34.0 Å². The first kappa shape index (κ1) is 58.5. The Morgan fingerprint density at radius 1 is 0.740 bits per heavy atom. The van der Waals surface area contributed by atoms with Gasteiger partial charge in [-0.05, 0) is 66.6 Å². The summed E-state index contributed by atoms with van der Waals surface area (Å²) in [6.07, 6.45) is 9.42. The second kappa shape index (κ2) is 31.4. The Morgan fingerprint density at radius 2 is 1.25 bits per heavy atom. The third-order valence-corrected chi connectivity index (χ3v) is 10.8. The molecule has 370 valence electrons. The van der Waals surface area contributed by atoms with E-state index in [1.165, 1.54) is 36.2 Å². The number of benzene rings is 2. The lowest BCUT2D eigenvalue weighted by Crippen LogP contribution is -2.11. The Kier molecular flexibility index (Phi) is 25.2. The van der Waals surface area contributed by atoms with Gasteiger partial charge in [0.2, 0.25) is 11.1 Å². The van der Waals surface area contributed by atoms with Crippen molar-refractivity contribution < 1.29 is 34.1 Å². The summed E-state index contributed by atoms with van der Waals surface area (Å²) in [4.78, 5) is 84.4. The van der Waals surface area contributed by atoms with Crippen molar-refractivity contribution in [1.29, 1.82) is 15.8 Å². The molecule has 6 N–H and O–H groups in total. The number of hydrogen-bond acceptors (Lipinski definition) is 16. The number of Topliss-reactive ketones (excluding diaryl/α,β-unsaturated/α-hetero) is 1. The molecule has 0 saturated carbocycles. The van der Waals surface area contributed by atoms with Crippen LogP contribution in [0.25, 0.3) is 22.3 Å². The van der Waals surface area contributed by atoms with E-state index in [2.05, 4.69) is 60.6 Å². The van der Waals surface area contributed by atoms with Crippen molar-refractivity contribution in [3.05, 3.63) is 194 Å². The van der Waals surface area contributed by atoms with Gasteiger partial charge in [0.1, 0.15) is 18.6 Å². The van der Waals surface area contributed by atoms with E-state index in [-0.39, 0.29) is 50.9 Å². The molecule has 73 heavy (non-hydrogen) atoms. The first-order valence-corrected chi connectivity index (χ1v) is 23.3. The molecule has 7 rings (SSSR count). The van der Waals surface area contributed by atoms with Crippen molar-refractivity contribution in [3.63, 3.8) is 0 Å². The van der Waals surface area contributed by atoms with Gasteiger partial charge < -0.3 is 30.7 Å². The summed E-state index contributed by atoms with van der Waals surface area (Å²) in [5.74, 6) is -1.92. The van der Waals surface area contributed by atoms with Crippen LogP contribution in [0.4, 0.5) is 0 Å². The number of thioether (sulfide) groups is 1. The summed E-state index contributed by atoms with van der Waals surface area (Å²) in [6, 6.07) is 32.2. The maximum atomic E-state index is 12.0. The smallest absolute Gasteiger partial charge is 0.335 e. The van der Waals surface area contributed by atoms with Crippen LogP contribution in [-0.2, 0) is 21.2 Å². The van der Waals surface area contributed by atoms with E-state index in [0.29, 0.717) is 56.6 Å². The summed E-state index contributed by atoms with van der Waals surface area (Å²) < 4.78 is 4.65. The van der Waals surface area contributed by atoms with E-state index >= 15 is 0 Å². The fourth-order valence-electron chi connectivity index (χ4n) is 5.70. The average Bonchev–Trinajstić information content (AvgIpc) is 3.39. The van der Waals surface area contributed by atoms with Crippen LogP contribution in [0.5, 0.6) is 0 Å². The zero-order valence-corrected chi connectivity index (χ0v) is 41.7. The van der Waals surface area contributed by atoms with Crippen LogP contribution in [0.3, 0.4) is 0 Å². The molecule has 7 aromatic rings. The lowest BCUT2D eigenvalue weighted by Gasteiger charge is -2.09. The highest BCUT2D eigenvalue weighted by Crippen LogP contribution is 2.30. The molecule has 0 saturated heterocycles. The zero-order chi connectivity index (χ0) is 53.7. The molecule has 0 radical (unpaired) electrons. The quantitative estimate of drug-likeness (QED) is 0.0120. The number of hydrogen-bond donors (Lipinski definition) is 6. The fraction of sp³-hybridized carbons (Fsp3) is 0.118. The summed E-state index contributed by atoms with van der Waals surface area (Å²) in [5.41, 5.74) is 10.00. The van der Waals surface area contributed by atoms with Crippen LogP contribution in [-0.4, -0.2) is 70.4 Å². The maximum absolute atomic E-state index is 12.0. The number of alkyl halides is 1. The van der Waals surface area contributed by atoms with Crippen molar-refractivity contribution in [1.82, 2.24) is 24.9 Å². The minimum Gasteiger partial charge on any atom is -0.478 e. The summed E-state index contributed by atoms with van der Waals surface area (Å²) >= 11 is 15.2. The summed E-state index contributed by atoms with van der Waals surface area (Å²) in [7, 11) is 0. The number of aromatic nitrogens is 5. The number of thiocarbonyl (C=S) groups is 1. The van der Waals surface area contributed by atoms with Gasteiger partial charge in [-0.15, -0.1) is 36.0 Å². The number of aromatic carboxylic acids is 2. The maximum Gasteiger partial charge on any atom is 0.335 e. The number of ether oxygens (including phenoxy) is 1. The number of ketones is 1. The Labute approximate surface area is 437 Å². The van der Waals surface area contributed by atoms with Crippen LogP contribution < -0.4 is 16.9 Å². The molecule has 2 aromatic carbocycles. The van der Waals surface area contributed by atoms with Crippen molar-refractivity contribution in [2.24, 2.45) is 5.73 Å². The summed E-state index contributed by atoms with van der Waals surface area (Å²) in [6.45, 7) is 1.99. The molecule has 0 atom stereocenters. The number of esters is 1. The Hall–Kier alpha value is -8.78. The number of carbonyl (C=O) groups is 4. The lowest BCUT2D eigenvalue weighted by atomic mass is 10.0. The highest BCUT2D eigenvalue weighted by Gasteiger charge is 2.15. The van der Waals surface area contributed by atoms with Crippen LogP contribution >= 0.6 is 48.2 Å². The molecule has 0 unspecified atom stereocenters. The monoisotopic (exact) mass is 1060 g/mol. The zero-order valence-electron chi connectivity index (χ0n) is 38.4. The number of thiol groups is 1. The molecule has 22 heteroatoms. The number of rotatable bonds is 13. The average molecular weight is 1060 g/mol. The molecule has 0 aliphatic rings. The standard InChI is InChI=1S/C19H13N3O3S.C11H7N3OS.C10H11NO3.C8H7ClO2.C3H4N2S/c20-9-16-15(14-5-2-6-21-10-14)8-17(23)22-18(16)26-11-12-3-1-4-13(7-12)19(24)25;12-5-9-8(4-10(15)14-11(9)16)7-2-1-3-13-6-7;1-2-14-10(13)6-9(12)8-4-3-5-11-7-8;9-5-6-2-1-3-7(4-6)8(10)11;4-2-1-3(5)6/h1-8,10H,11H2,(H,22,23)(H,24,25);1-4,6H,(H2,14,15,16);3-5,7H,2,6H2,1H3;1-4H,5H2,(H,10,11);1H2,(H2,5,6). The van der Waals surface area contributed by atoms with Gasteiger partial charge in [-0.2, -0.15) is 15.8 Å². The second-order valence-corrected chi connectivity index (χ2v) is 16.3. The van der Waals surface area contributed by atoms with E-state index in [4.69, 9.17) is 38.1 Å². The van der Waals surface area contributed by atoms with Gasteiger partial charge in [0, 0.05) is 88.8 Å². The number of pyridine rings is 5. The Balaban J connectivity index is 0.000000259. The minimum absolute atomic E-state index is 0.190. The number of nitrogens with zero attached hydrogens (tertiary/aromatic N) is 6. The molecule has 18 nitrogen and oxygen atoms in total. The van der Waals surface area contributed by atoms with Crippen LogP contribution in [0.1, 0.15) is 73.1 Å². The normalized spacial score (nSPS) is 9.59. The van der Waals surface area contributed by atoms with Gasteiger partial charge in [0.25, 0.3) is 0 Å². The first-order chi connectivity index (χ1) is 35.0. The molecule has 5 heterocycles. The number of aromatic amines is 2. The van der Waals surface area contributed by atoms with Gasteiger partial charge >= 0.3 is 17.9 Å². The molecule has 0 fully saturated rings. The van der Waals surface area contributed by atoms with Gasteiger partial charge in [-0.3, -0.25) is 34.1 Å². The molecular weight excluding hydrogens is 1010 g/mol. The highest BCUT2D eigenvalue weighted by atomic mass is 35.5. The molecular formula is C51H42ClN9O9S3. The topological polar surface area (TPSA) is 320 Å².